The molecule has 0 heterocycles. The molecule has 0 aromatic heterocycles. The molecule has 0 amide bonds. The van der Waals surface area contributed by atoms with Crippen LogP contribution in [-0.4, -0.2) is 25.5 Å². The molecule has 2 aliphatic rings. The number of hydrogen-bond donors (Lipinski definition) is 0. The van der Waals surface area contributed by atoms with Gasteiger partial charge in [0.2, 0.25) is 0 Å². The standard InChI is InChI=1S/C21H27N/c1-22(2)14-4-7-21-16-19-9-8-17-5-3-6-18(15-17)10-12-20(21)13-11-19/h3,5-6,11,13,15-16H,4,7-10,12,14H2,1-2H3. The van der Waals surface area contributed by atoms with Crippen LogP contribution in [0, 0.1) is 0 Å². The van der Waals surface area contributed by atoms with Gasteiger partial charge in [0.1, 0.15) is 0 Å². The highest BCUT2D eigenvalue weighted by Gasteiger charge is 2.08. The Balaban J connectivity index is 1.81. The quantitative estimate of drug-likeness (QED) is 0.821. The lowest BCUT2D eigenvalue weighted by molar-refractivity contribution is 0.400. The lowest BCUT2D eigenvalue weighted by Crippen LogP contribution is -2.14. The van der Waals surface area contributed by atoms with Crippen molar-refractivity contribution < 1.29 is 0 Å². The second kappa shape index (κ2) is 7.11. The molecule has 0 saturated carbocycles. The van der Waals surface area contributed by atoms with Crippen molar-refractivity contribution in [3.8, 4) is 0 Å². The summed E-state index contributed by atoms with van der Waals surface area (Å²) in [5.41, 5.74) is 7.60. The molecule has 4 rings (SSSR count). The first-order chi connectivity index (χ1) is 10.7. The molecule has 2 aromatic rings. The number of benzene rings is 2. The molecule has 0 saturated heterocycles. The summed E-state index contributed by atoms with van der Waals surface area (Å²) >= 11 is 0. The summed E-state index contributed by atoms with van der Waals surface area (Å²) in [5.74, 6) is 0. The Hall–Kier alpha value is -1.60. The zero-order chi connectivity index (χ0) is 15.4. The van der Waals surface area contributed by atoms with Crippen LogP contribution in [0.2, 0.25) is 0 Å². The van der Waals surface area contributed by atoms with Gasteiger partial charge in [0, 0.05) is 0 Å². The van der Waals surface area contributed by atoms with Gasteiger partial charge in [0.25, 0.3) is 0 Å². The molecule has 1 nitrogen and oxygen atoms in total. The number of aryl methyl sites for hydroxylation is 5. The molecule has 0 N–H and O–H groups in total. The summed E-state index contributed by atoms with van der Waals surface area (Å²) < 4.78 is 0. The third kappa shape index (κ3) is 3.98. The van der Waals surface area contributed by atoms with Crippen LogP contribution in [0.25, 0.3) is 0 Å². The predicted molar refractivity (Wildman–Crippen MR) is 94.6 cm³/mol. The number of nitrogens with zero attached hydrogens (tertiary/aromatic N) is 1. The third-order valence-electron chi connectivity index (χ3n) is 4.70. The second-order valence-electron chi connectivity index (χ2n) is 6.83. The van der Waals surface area contributed by atoms with Crippen LogP contribution in [0.4, 0.5) is 0 Å². The van der Waals surface area contributed by atoms with Crippen molar-refractivity contribution in [2.24, 2.45) is 0 Å². The molecule has 0 unspecified atom stereocenters. The highest BCUT2D eigenvalue weighted by atomic mass is 15.0. The summed E-state index contributed by atoms with van der Waals surface area (Å²) in [6.45, 7) is 1.17. The van der Waals surface area contributed by atoms with Crippen molar-refractivity contribution in [1.82, 2.24) is 4.90 Å². The van der Waals surface area contributed by atoms with Crippen molar-refractivity contribution in [3.63, 3.8) is 0 Å². The van der Waals surface area contributed by atoms with E-state index in [1.807, 2.05) is 0 Å². The van der Waals surface area contributed by atoms with Crippen molar-refractivity contribution in [1.29, 1.82) is 0 Å². The van der Waals surface area contributed by atoms with E-state index in [1.165, 1.54) is 42.5 Å². The smallest absolute Gasteiger partial charge is 0.00217 e. The van der Waals surface area contributed by atoms with Gasteiger partial charge in [-0.25, -0.2) is 0 Å². The molecule has 0 aliphatic heterocycles. The molecule has 1 heteroatoms. The van der Waals surface area contributed by atoms with Gasteiger partial charge in [0.05, 0.1) is 0 Å². The Kier molecular flexibility index (Phi) is 4.94. The van der Waals surface area contributed by atoms with Crippen LogP contribution in [0.15, 0.2) is 42.5 Å². The van der Waals surface area contributed by atoms with Crippen molar-refractivity contribution >= 4 is 0 Å². The van der Waals surface area contributed by atoms with Gasteiger partial charge in [-0.05, 0) is 87.0 Å². The van der Waals surface area contributed by atoms with Crippen LogP contribution in [0.5, 0.6) is 0 Å². The molecule has 0 fully saturated rings. The SMILES string of the molecule is CN(C)CCCc1cc2ccc1CCc1cccc(c1)CC2. The first-order valence-electron chi connectivity index (χ1n) is 8.54. The van der Waals surface area contributed by atoms with Crippen LogP contribution >= 0.6 is 0 Å². The van der Waals surface area contributed by atoms with E-state index in [0.29, 0.717) is 0 Å². The third-order valence-corrected chi connectivity index (χ3v) is 4.70. The summed E-state index contributed by atoms with van der Waals surface area (Å²) in [5, 5.41) is 0. The normalized spacial score (nSPS) is 14.1. The van der Waals surface area contributed by atoms with Gasteiger partial charge in [-0.15, -0.1) is 0 Å². The second-order valence-corrected chi connectivity index (χ2v) is 6.83. The minimum atomic E-state index is 1.16. The van der Waals surface area contributed by atoms with E-state index in [1.54, 1.807) is 11.1 Å². The molecule has 4 bridgehead atoms. The number of fused-ring (bicyclic) bond motifs is 4. The van der Waals surface area contributed by atoms with E-state index in [0.717, 1.165) is 19.3 Å². The Morgan fingerprint density at radius 3 is 2.23 bits per heavy atom. The van der Waals surface area contributed by atoms with Gasteiger partial charge in [-0.1, -0.05) is 42.5 Å². The fraction of sp³-hybridized carbons (Fsp3) is 0.429. The summed E-state index contributed by atoms with van der Waals surface area (Å²) in [6.07, 6.45) is 7.10. The topological polar surface area (TPSA) is 3.24 Å². The summed E-state index contributed by atoms with van der Waals surface area (Å²) in [4.78, 5) is 2.28. The van der Waals surface area contributed by atoms with Crippen LogP contribution in [0.1, 0.15) is 34.2 Å². The summed E-state index contributed by atoms with van der Waals surface area (Å²) in [7, 11) is 4.32. The van der Waals surface area contributed by atoms with E-state index < -0.39 is 0 Å². The first-order valence-corrected chi connectivity index (χ1v) is 8.54. The van der Waals surface area contributed by atoms with E-state index >= 15 is 0 Å². The van der Waals surface area contributed by atoms with Crippen LogP contribution in [-0.2, 0) is 32.1 Å². The fourth-order valence-corrected chi connectivity index (χ4v) is 3.41. The van der Waals surface area contributed by atoms with Gasteiger partial charge < -0.3 is 4.90 Å². The minimum Gasteiger partial charge on any atom is -0.309 e. The molecule has 22 heavy (non-hydrogen) atoms. The highest BCUT2D eigenvalue weighted by molar-refractivity contribution is 5.35. The highest BCUT2D eigenvalue weighted by Crippen LogP contribution is 2.20. The molecule has 116 valence electrons. The molecule has 0 atom stereocenters. The monoisotopic (exact) mass is 293 g/mol. The average Bonchev–Trinajstić information content (AvgIpc) is 2.55. The number of hydrogen-bond acceptors (Lipinski definition) is 1. The lowest BCUT2D eigenvalue weighted by Gasteiger charge is -2.13. The maximum atomic E-state index is 2.47. The Bertz CT molecular complexity index is 628. The average molecular weight is 293 g/mol. The predicted octanol–water partition coefficient (Wildman–Crippen LogP) is 4.06. The summed E-state index contributed by atoms with van der Waals surface area (Å²) in [6, 6.07) is 16.4. The molecule has 2 aromatic carbocycles. The Labute approximate surface area is 135 Å². The lowest BCUT2D eigenvalue weighted by atomic mass is 9.95. The first kappa shape index (κ1) is 15.3. The molecule has 0 spiro atoms. The van der Waals surface area contributed by atoms with Crippen molar-refractivity contribution in [2.75, 3.05) is 20.6 Å². The van der Waals surface area contributed by atoms with Crippen molar-refractivity contribution in [3.05, 3.63) is 70.3 Å². The van der Waals surface area contributed by atoms with Crippen LogP contribution in [0.3, 0.4) is 0 Å². The minimum absolute atomic E-state index is 1.16. The Morgan fingerprint density at radius 2 is 1.50 bits per heavy atom. The van der Waals surface area contributed by atoms with Gasteiger partial charge in [-0.3, -0.25) is 0 Å². The fourth-order valence-electron chi connectivity index (χ4n) is 3.41. The molecular weight excluding hydrogens is 266 g/mol. The zero-order valence-electron chi connectivity index (χ0n) is 13.9. The van der Waals surface area contributed by atoms with E-state index in [9.17, 15) is 0 Å². The Morgan fingerprint density at radius 1 is 0.818 bits per heavy atom. The number of rotatable bonds is 4. The van der Waals surface area contributed by atoms with Gasteiger partial charge >= 0.3 is 0 Å². The van der Waals surface area contributed by atoms with E-state index in [-0.39, 0.29) is 0 Å². The van der Waals surface area contributed by atoms with Gasteiger partial charge in [-0.2, -0.15) is 0 Å². The van der Waals surface area contributed by atoms with E-state index in [2.05, 4.69) is 61.5 Å². The molecular formula is C21H27N. The zero-order valence-corrected chi connectivity index (χ0v) is 13.9. The van der Waals surface area contributed by atoms with Crippen LogP contribution < -0.4 is 0 Å². The largest absolute Gasteiger partial charge is 0.309 e. The molecule has 0 radical (unpaired) electrons. The van der Waals surface area contributed by atoms with Gasteiger partial charge in [0.15, 0.2) is 0 Å². The van der Waals surface area contributed by atoms with Crippen molar-refractivity contribution in [2.45, 2.75) is 38.5 Å². The maximum Gasteiger partial charge on any atom is -0.00217 e. The van der Waals surface area contributed by atoms with E-state index in [4.69, 9.17) is 0 Å². The maximum absolute atomic E-state index is 2.47. The molecule has 2 aliphatic carbocycles.